The zero-order chi connectivity index (χ0) is 10.5. The maximum absolute atomic E-state index is 5.32. The second-order valence-electron chi connectivity index (χ2n) is 4.14. The minimum atomic E-state index is 0.610. The van der Waals surface area contributed by atoms with Crippen LogP contribution >= 0.6 is 0 Å². The van der Waals surface area contributed by atoms with Gasteiger partial charge >= 0.3 is 0 Å². The lowest BCUT2D eigenvalue weighted by molar-refractivity contribution is 0.0776. The first-order valence-electron chi connectivity index (χ1n) is 5.56. The highest BCUT2D eigenvalue weighted by Gasteiger charge is 2.12. The van der Waals surface area contributed by atoms with E-state index in [0.29, 0.717) is 6.04 Å². The van der Waals surface area contributed by atoms with Crippen LogP contribution in [0.2, 0.25) is 0 Å². The van der Waals surface area contributed by atoms with E-state index >= 15 is 0 Å². The molecule has 0 spiro atoms. The molecule has 3 nitrogen and oxygen atoms in total. The first-order chi connectivity index (χ1) is 7.34. The van der Waals surface area contributed by atoms with Crippen LogP contribution in [0.1, 0.15) is 24.0 Å². The molecule has 1 saturated heterocycles. The van der Waals surface area contributed by atoms with Crippen molar-refractivity contribution >= 4 is 0 Å². The van der Waals surface area contributed by atoms with Gasteiger partial charge in [-0.2, -0.15) is 0 Å². The second kappa shape index (κ2) is 5.24. The Hall–Kier alpha value is -0.930. The van der Waals surface area contributed by atoms with E-state index in [1.165, 1.54) is 11.1 Å². The minimum absolute atomic E-state index is 0.610. The number of aromatic nitrogens is 1. The maximum Gasteiger partial charge on any atom is 0.0480 e. The van der Waals surface area contributed by atoms with Gasteiger partial charge in [0, 0.05) is 38.2 Å². The highest BCUT2D eigenvalue weighted by Crippen LogP contribution is 2.08. The molecular formula is C12H18N2O. The predicted octanol–water partition coefficient (Wildman–Crippen LogP) is 1.66. The number of nitrogens with one attached hydrogen (secondary N) is 1. The van der Waals surface area contributed by atoms with Gasteiger partial charge in [0.25, 0.3) is 0 Å². The molecule has 2 rings (SSSR count). The summed E-state index contributed by atoms with van der Waals surface area (Å²) >= 11 is 0. The first-order valence-corrected chi connectivity index (χ1v) is 5.56. The Kier molecular flexibility index (Phi) is 3.69. The zero-order valence-electron chi connectivity index (χ0n) is 9.20. The van der Waals surface area contributed by atoms with Gasteiger partial charge in [0.15, 0.2) is 0 Å². The van der Waals surface area contributed by atoms with Gasteiger partial charge in [0.1, 0.15) is 0 Å². The molecule has 0 unspecified atom stereocenters. The molecule has 1 aliphatic rings. The van der Waals surface area contributed by atoms with Crippen molar-refractivity contribution in [2.24, 2.45) is 0 Å². The first kappa shape index (κ1) is 10.6. The minimum Gasteiger partial charge on any atom is -0.381 e. The summed E-state index contributed by atoms with van der Waals surface area (Å²) < 4.78 is 5.32. The summed E-state index contributed by atoms with van der Waals surface area (Å²) in [7, 11) is 0. The van der Waals surface area contributed by atoms with Crippen molar-refractivity contribution in [1.82, 2.24) is 10.3 Å². The van der Waals surface area contributed by atoms with E-state index < -0.39 is 0 Å². The van der Waals surface area contributed by atoms with Crippen molar-refractivity contribution in [2.45, 2.75) is 32.4 Å². The largest absolute Gasteiger partial charge is 0.381 e. The monoisotopic (exact) mass is 206 g/mol. The summed E-state index contributed by atoms with van der Waals surface area (Å²) in [5.41, 5.74) is 2.49. The van der Waals surface area contributed by atoms with Crippen molar-refractivity contribution in [3.63, 3.8) is 0 Å². The summed E-state index contributed by atoms with van der Waals surface area (Å²) in [6.07, 6.45) is 6.07. The van der Waals surface area contributed by atoms with Crippen LogP contribution in [0.5, 0.6) is 0 Å². The Labute approximate surface area is 90.9 Å². The number of aryl methyl sites for hydroxylation is 1. The molecule has 1 aromatic heterocycles. The van der Waals surface area contributed by atoms with Crippen LogP contribution in [0.3, 0.4) is 0 Å². The highest BCUT2D eigenvalue weighted by atomic mass is 16.5. The Bertz CT molecular complexity index is 308. The fourth-order valence-electron chi connectivity index (χ4n) is 1.88. The van der Waals surface area contributed by atoms with E-state index in [1.807, 2.05) is 12.4 Å². The van der Waals surface area contributed by atoms with E-state index in [9.17, 15) is 0 Å². The Morgan fingerprint density at radius 3 is 2.93 bits per heavy atom. The molecule has 0 aromatic carbocycles. The molecule has 2 heterocycles. The molecule has 0 radical (unpaired) electrons. The SMILES string of the molecule is Cc1cncc(CNC2CCOCC2)c1. The summed E-state index contributed by atoms with van der Waals surface area (Å²) in [5, 5.41) is 3.55. The van der Waals surface area contributed by atoms with E-state index in [0.717, 1.165) is 32.6 Å². The molecule has 0 bridgehead atoms. The smallest absolute Gasteiger partial charge is 0.0480 e. The molecular weight excluding hydrogens is 188 g/mol. The fourth-order valence-corrected chi connectivity index (χ4v) is 1.88. The normalized spacial score (nSPS) is 17.9. The van der Waals surface area contributed by atoms with Gasteiger partial charge in [0.05, 0.1) is 0 Å². The summed E-state index contributed by atoms with van der Waals surface area (Å²) in [5.74, 6) is 0. The van der Waals surface area contributed by atoms with Crippen LogP contribution in [0.4, 0.5) is 0 Å². The van der Waals surface area contributed by atoms with E-state index in [-0.39, 0.29) is 0 Å². The summed E-state index contributed by atoms with van der Waals surface area (Å²) in [6.45, 7) is 4.78. The summed E-state index contributed by atoms with van der Waals surface area (Å²) in [4.78, 5) is 4.18. The lowest BCUT2D eigenvalue weighted by Gasteiger charge is -2.23. The van der Waals surface area contributed by atoms with Gasteiger partial charge in [-0.05, 0) is 30.9 Å². The van der Waals surface area contributed by atoms with Crippen molar-refractivity contribution in [3.8, 4) is 0 Å². The van der Waals surface area contributed by atoms with Crippen LogP contribution in [-0.2, 0) is 11.3 Å². The number of hydrogen-bond donors (Lipinski definition) is 1. The van der Waals surface area contributed by atoms with Crippen LogP contribution in [-0.4, -0.2) is 24.2 Å². The molecule has 3 heteroatoms. The number of pyridine rings is 1. The topological polar surface area (TPSA) is 34.2 Å². The second-order valence-corrected chi connectivity index (χ2v) is 4.14. The average molecular weight is 206 g/mol. The van der Waals surface area contributed by atoms with Crippen LogP contribution < -0.4 is 5.32 Å². The molecule has 82 valence electrons. The highest BCUT2D eigenvalue weighted by molar-refractivity contribution is 5.16. The zero-order valence-corrected chi connectivity index (χ0v) is 9.20. The predicted molar refractivity (Wildman–Crippen MR) is 59.7 cm³/mol. The molecule has 0 saturated carbocycles. The molecule has 1 aliphatic heterocycles. The van der Waals surface area contributed by atoms with Crippen molar-refractivity contribution in [3.05, 3.63) is 29.6 Å². The number of rotatable bonds is 3. The van der Waals surface area contributed by atoms with E-state index in [2.05, 4.69) is 23.3 Å². The van der Waals surface area contributed by atoms with Gasteiger partial charge in [-0.15, -0.1) is 0 Å². The third-order valence-electron chi connectivity index (χ3n) is 2.75. The van der Waals surface area contributed by atoms with Crippen molar-refractivity contribution in [1.29, 1.82) is 0 Å². The molecule has 1 fully saturated rings. The molecule has 1 aromatic rings. The molecule has 1 N–H and O–H groups in total. The Balaban J connectivity index is 1.81. The van der Waals surface area contributed by atoms with Gasteiger partial charge in [-0.25, -0.2) is 0 Å². The molecule has 0 amide bonds. The lowest BCUT2D eigenvalue weighted by Crippen LogP contribution is -2.34. The van der Waals surface area contributed by atoms with E-state index in [4.69, 9.17) is 4.74 Å². The third-order valence-corrected chi connectivity index (χ3v) is 2.75. The van der Waals surface area contributed by atoms with E-state index in [1.54, 1.807) is 0 Å². The van der Waals surface area contributed by atoms with Gasteiger partial charge in [-0.3, -0.25) is 4.98 Å². The average Bonchev–Trinajstić information content (AvgIpc) is 2.28. The van der Waals surface area contributed by atoms with Crippen LogP contribution in [0.25, 0.3) is 0 Å². The van der Waals surface area contributed by atoms with Gasteiger partial charge < -0.3 is 10.1 Å². The number of nitrogens with zero attached hydrogens (tertiary/aromatic N) is 1. The van der Waals surface area contributed by atoms with Crippen molar-refractivity contribution in [2.75, 3.05) is 13.2 Å². The van der Waals surface area contributed by atoms with Gasteiger partial charge in [-0.1, -0.05) is 6.07 Å². The van der Waals surface area contributed by atoms with Crippen LogP contribution in [0, 0.1) is 6.92 Å². The fraction of sp³-hybridized carbons (Fsp3) is 0.583. The Morgan fingerprint density at radius 2 is 2.20 bits per heavy atom. The van der Waals surface area contributed by atoms with Crippen LogP contribution in [0.15, 0.2) is 18.5 Å². The standard InChI is InChI=1S/C12H18N2O/c1-10-6-11(8-13-7-10)9-14-12-2-4-15-5-3-12/h6-8,12,14H,2-5,9H2,1H3. The number of ether oxygens (including phenoxy) is 1. The van der Waals surface area contributed by atoms with Gasteiger partial charge in [0.2, 0.25) is 0 Å². The molecule has 0 atom stereocenters. The summed E-state index contributed by atoms with van der Waals surface area (Å²) in [6, 6.07) is 2.79. The quantitative estimate of drug-likeness (QED) is 0.816. The maximum atomic E-state index is 5.32. The lowest BCUT2D eigenvalue weighted by atomic mass is 10.1. The molecule has 15 heavy (non-hydrogen) atoms. The number of hydrogen-bond acceptors (Lipinski definition) is 3. The van der Waals surface area contributed by atoms with Crippen molar-refractivity contribution < 1.29 is 4.74 Å². The Morgan fingerprint density at radius 1 is 1.40 bits per heavy atom. The molecule has 0 aliphatic carbocycles. The third kappa shape index (κ3) is 3.29.